The molecule has 11 heavy (non-hydrogen) atoms. The van der Waals surface area contributed by atoms with E-state index in [0.29, 0.717) is 0 Å². The average molecular weight is 151 g/mol. The van der Waals surface area contributed by atoms with Gasteiger partial charge in [0.15, 0.2) is 5.82 Å². The predicted molar refractivity (Wildman–Crippen MR) is 40.8 cm³/mol. The van der Waals surface area contributed by atoms with E-state index in [1.807, 2.05) is 0 Å². The maximum Gasteiger partial charge on any atom is 0.155 e. The lowest BCUT2D eigenvalue weighted by atomic mass is 10.2. The first-order chi connectivity index (χ1) is 5.42. The Morgan fingerprint density at radius 2 is 2.55 bits per heavy atom. The van der Waals surface area contributed by atoms with Crippen LogP contribution in [0.4, 0.5) is 5.82 Å². The fraction of sp³-hybridized carbons (Fsp3) is 0.429. The molecule has 0 bridgehead atoms. The third-order valence-electron chi connectivity index (χ3n) is 1.80. The number of rotatable bonds is 1. The first-order valence-corrected chi connectivity index (χ1v) is 3.54. The molecule has 0 aromatic carbocycles. The third kappa shape index (κ3) is 0.906. The Bertz CT molecular complexity index is 274. The lowest BCUT2D eigenvalue weighted by molar-refractivity contribution is 0.408. The molecule has 0 unspecified atom stereocenters. The molecule has 1 N–H and O–H groups in total. The van der Waals surface area contributed by atoms with Crippen molar-refractivity contribution in [1.82, 2.24) is 10.2 Å². The molecule has 2 rings (SSSR count). The smallest absolute Gasteiger partial charge is 0.155 e. The zero-order valence-electron chi connectivity index (χ0n) is 6.29. The molecule has 4 nitrogen and oxygen atoms in total. The van der Waals surface area contributed by atoms with Gasteiger partial charge < -0.3 is 10.1 Å². The van der Waals surface area contributed by atoms with Crippen molar-refractivity contribution in [2.45, 2.75) is 6.42 Å². The lowest BCUT2D eigenvalue weighted by Crippen LogP contribution is -1.94. The Hall–Kier alpha value is -1.32. The second-order valence-corrected chi connectivity index (χ2v) is 2.42. The van der Waals surface area contributed by atoms with Gasteiger partial charge in [0.2, 0.25) is 0 Å². The molecule has 2 heterocycles. The van der Waals surface area contributed by atoms with Crippen molar-refractivity contribution in [3.63, 3.8) is 0 Å². The van der Waals surface area contributed by atoms with E-state index in [2.05, 4.69) is 15.5 Å². The van der Waals surface area contributed by atoms with Gasteiger partial charge in [0, 0.05) is 12.1 Å². The molecule has 0 atom stereocenters. The first-order valence-electron chi connectivity index (χ1n) is 3.54. The van der Waals surface area contributed by atoms with E-state index in [1.54, 1.807) is 13.3 Å². The number of hydrogen-bond donors (Lipinski definition) is 1. The van der Waals surface area contributed by atoms with Gasteiger partial charge in [-0.05, 0) is 6.42 Å². The summed E-state index contributed by atoms with van der Waals surface area (Å²) in [5.74, 6) is 1.70. The summed E-state index contributed by atoms with van der Waals surface area (Å²) in [6, 6.07) is 0. The van der Waals surface area contributed by atoms with Crippen LogP contribution in [0, 0.1) is 0 Å². The second kappa shape index (κ2) is 2.38. The van der Waals surface area contributed by atoms with E-state index in [9.17, 15) is 0 Å². The summed E-state index contributed by atoms with van der Waals surface area (Å²) in [6.45, 7) is 0.935. The molecular formula is C7H9N3O. The van der Waals surface area contributed by atoms with Gasteiger partial charge in [-0.1, -0.05) is 0 Å². The van der Waals surface area contributed by atoms with Gasteiger partial charge in [0.1, 0.15) is 5.75 Å². The van der Waals surface area contributed by atoms with E-state index in [-0.39, 0.29) is 0 Å². The van der Waals surface area contributed by atoms with Crippen molar-refractivity contribution in [1.29, 1.82) is 0 Å². The number of fused-ring (bicyclic) bond motifs is 1. The van der Waals surface area contributed by atoms with E-state index in [1.165, 1.54) is 0 Å². The highest BCUT2D eigenvalue weighted by Crippen LogP contribution is 2.26. The van der Waals surface area contributed by atoms with Gasteiger partial charge in [-0.3, -0.25) is 0 Å². The van der Waals surface area contributed by atoms with Gasteiger partial charge in [0.05, 0.1) is 13.3 Å². The van der Waals surface area contributed by atoms with Crippen LogP contribution in [0.25, 0.3) is 0 Å². The van der Waals surface area contributed by atoms with Crippen molar-refractivity contribution in [3.05, 3.63) is 11.8 Å². The standard InChI is InChI=1S/C7H9N3O/c1-11-6-4-9-10-7-5(6)2-3-8-7/h4H,2-3H2,1H3,(H,8,10). The number of hydrogen-bond acceptors (Lipinski definition) is 4. The molecule has 58 valence electrons. The monoisotopic (exact) mass is 151 g/mol. The molecule has 0 aliphatic carbocycles. The minimum atomic E-state index is 0.833. The number of methoxy groups -OCH3 is 1. The molecule has 0 amide bonds. The van der Waals surface area contributed by atoms with Crippen LogP contribution in [0.15, 0.2) is 6.20 Å². The van der Waals surface area contributed by atoms with Crippen LogP contribution in [0.5, 0.6) is 5.75 Å². The highest BCUT2D eigenvalue weighted by molar-refractivity contribution is 5.54. The van der Waals surface area contributed by atoms with E-state index < -0.39 is 0 Å². The lowest BCUT2D eigenvalue weighted by Gasteiger charge is -2.02. The number of nitrogens with one attached hydrogen (secondary N) is 1. The maximum atomic E-state index is 5.11. The number of anilines is 1. The normalized spacial score (nSPS) is 13.9. The molecule has 0 saturated carbocycles. The minimum absolute atomic E-state index is 0.833. The van der Waals surface area contributed by atoms with Crippen LogP contribution < -0.4 is 10.1 Å². The summed E-state index contributed by atoms with van der Waals surface area (Å²) in [4.78, 5) is 0. The van der Waals surface area contributed by atoms with Crippen molar-refractivity contribution < 1.29 is 4.74 Å². The Morgan fingerprint density at radius 3 is 3.36 bits per heavy atom. The second-order valence-electron chi connectivity index (χ2n) is 2.42. The number of aromatic nitrogens is 2. The van der Waals surface area contributed by atoms with Crippen LogP contribution in [0.1, 0.15) is 5.56 Å². The Kier molecular flexibility index (Phi) is 1.38. The summed E-state index contributed by atoms with van der Waals surface area (Å²) in [6.07, 6.45) is 2.62. The van der Waals surface area contributed by atoms with E-state index in [0.717, 1.165) is 30.1 Å². The Balaban J connectivity index is 2.50. The van der Waals surface area contributed by atoms with Crippen molar-refractivity contribution >= 4 is 5.82 Å². The summed E-state index contributed by atoms with van der Waals surface area (Å²) in [5.41, 5.74) is 1.14. The molecule has 0 spiro atoms. The van der Waals surface area contributed by atoms with Gasteiger partial charge in [-0.25, -0.2) is 0 Å². The molecule has 1 aromatic rings. The van der Waals surface area contributed by atoms with E-state index in [4.69, 9.17) is 4.74 Å². The minimum Gasteiger partial charge on any atom is -0.495 e. The van der Waals surface area contributed by atoms with Crippen LogP contribution in [-0.4, -0.2) is 23.9 Å². The molecule has 0 radical (unpaired) electrons. The van der Waals surface area contributed by atoms with Gasteiger partial charge >= 0.3 is 0 Å². The molecule has 1 aliphatic rings. The zero-order valence-corrected chi connectivity index (χ0v) is 6.29. The van der Waals surface area contributed by atoms with Crippen LogP contribution in [0.3, 0.4) is 0 Å². The van der Waals surface area contributed by atoms with Crippen molar-refractivity contribution in [3.8, 4) is 5.75 Å². The zero-order chi connectivity index (χ0) is 7.68. The Morgan fingerprint density at radius 1 is 1.64 bits per heavy atom. The summed E-state index contributed by atoms with van der Waals surface area (Å²) in [7, 11) is 1.65. The van der Waals surface area contributed by atoms with Crippen LogP contribution in [-0.2, 0) is 6.42 Å². The predicted octanol–water partition coefficient (Wildman–Crippen LogP) is 0.453. The van der Waals surface area contributed by atoms with Gasteiger partial charge in [-0.2, -0.15) is 5.10 Å². The Labute approximate surface area is 64.6 Å². The van der Waals surface area contributed by atoms with Gasteiger partial charge in [-0.15, -0.1) is 5.10 Å². The fourth-order valence-electron chi connectivity index (χ4n) is 1.26. The van der Waals surface area contributed by atoms with Gasteiger partial charge in [0.25, 0.3) is 0 Å². The molecule has 1 aromatic heterocycles. The highest BCUT2D eigenvalue weighted by Gasteiger charge is 2.15. The van der Waals surface area contributed by atoms with Crippen molar-refractivity contribution in [2.75, 3.05) is 19.0 Å². The highest BCUT2D eigenvalue weighted by atomic mass is 16.5. The number of nitrogens with zero attached hydrogens (tertiary/aromatic N) is 2. The van der Waals surface area contributed by atoms with E-state index >= 15 is 0 Å². The molecule has 1 aliphatic heterocycles. The third-order valence-corrected chi connectivity index (χ3v) is 1.80. The molecule has 0 saturated heterocycles. The SMILES string of the molecule is COc1cnnc2c1CCN2. The number of ether oxygens (including phenoxy) is 1. The topological polar surface area (TPSA) is 47.0 Å². The molecular weight excluding hydrogens is 142 g/mol. The summed E-state index contributed by atoms with van der Waals surface area (Å²) in [5, 5.41) is 10.8. The average Bonchev–Trinajstić information content (AvgIpc) is 2.50. The van der Waals surface area contributed by atoms with Crippen LogP contribution in [0.2, 0.25) is 0 Å². The maximum absolute atomic E-state index is 5.11. The summed E-state index contributed by atoms with van der Waals surface area (Å²) >= 11 is 0. The van der Waals surface area contributed by atoms with Crippen molar-refractivity contribution in [2.24, 2.45) is 0 Å². The fourth-order valence-corrected chi connectivity index (χ4v) is 1.26. The molecule has 0 fully saturated rings. The first kappa shape index (κ1) is 6.39. The molecule has 4 heteroatoms. The van der Waals surface area contributed by atoms with Crippen LogP contribution >= 0.6 is 0 Å². The summed E-state index contributed by atoms with van der Waals surface area (Å²) < 4.78 is 5.11. The largest absolute Gasteiger partial charge is 0.495 e. The quantitative estimate of drug-likeness (QED) is 0.633.